The highest BCUT2D eigenvalue weighted by molar-refractivity contribution is 5.75. The van der Waals surface area contributed by atoms with Gasteiger partial charge in [-0.15, -0.1) is 0 Å². The number of pyridine rings is 1. The molecule has 130 valence electrons. The number of hydrogen-bond acceptors (Lipinski definition) is 3. The van der Waals surface area contributed by atoms with Crippen molar-refractivity contribution in [2.45, 2.75) is 32.7 Å². The summed E-state index contributed by atoms with van der Waals surface area (Å²) in [5.74, 6) is 0.878. The number of para-hydroxylation sites is 1. The summed E-state index contributed by atoms with van der Waals surface area (Å²) in [6, 6.07) is 13.9. The normalized spacial score (nSPS) is 12.1. The number of imidazole rings is 1. The highest BCUT2D eigenvalue weighted by Gasteiger charge is 2.13. The van der Waals surface area contributed by atoms with Crippen molar-refractivity contribution in [1.82, 2.24) is 25.2 Å². The van der Waals surface area contributed by atoms with E-state index in [1.54, 1.807) is 6.20 Å². The maximum Gasteiger partial charge on any atom is 0.315 e. The van der Waals surface area contributed by atoms with Crippen molar-refractivity contribution >= 4 is 17.2 Å². The lowest BCUT2D eigenvalue weighted by Crippen LogP contribution is -2.41. The molecular weight excluding hydrogens is 314 g/mol. The number of aromatic nitrogens is 3. The lowest BCUT2D eigenvalue weighted by atomic mass is 10.3. The number of nitrogens with one attached hydrogen (secondary N) is 2. The fourth-order valence-corrected chi connectivity index (χ4v) is 2.64. The Morgan fingerprint density at radius 3 is 2.76 bits per heavy atom. The van der Waals surface area contributed by atoms with E-state index < -0.39 is 0 Å². The number of carbonyl (C=O) groups excluding carboxylic acids is 1. The van der Waals surface area contributed by atoms with Crippen LogP contribution in [0, 0.1) is 0 Å². The lowest BCUT2D eigenvalue weighted by molar-refractivity contribution is 0.237. The molecule has 3 rings (SSSR count). The molecule has 0 aliphatic rings. The molecule has 2 N–H and O–H groups in total. The Morgan fingerprint density at radius 1 is 1.20 bits per heavy atom. The molecule has 0 unspecified atom stereocenters. The van der Waals surface area contributed by atoms with Crippen LogP contribution >= 0.6 is 0 Å². The standard InChI is InChI=1S/C19H23N5O/c1-3-14(2)22-19(25)21-13-11-17-23-16-10-7-12-20-18(16)24(17)15-8-5-4-6-9-15/h4-10,12,14H,3,11,13H2,1-2H3,(H2,21,22,25)/t14-/m1/s1. The quantitative estimate of drug-likeness (QED) is 0.726. The SMILES string of the molecule is CC[C@@H](C)NC(=O)NCCc1nc2cccnc2n1-c1ccccc1. The van der Waals surface area contributed by atoms with Crippen LogP contribution in [-0.4, -0.2) is 33.2 Å². The molecule has 1 atom stereocenters. The molecule has 2 aromatic heterocycles. The highest BCUT2D eigenvalue weighted by Crippen LogP contribution is 2.19. The zero-order valence-corrected chi connectivity index (χ0v) is 14.6. The fourth-order valence-electron chi connectivity index (χ4n) is 2.64. The lowest BCUT2D eigenvalue weighted by Gasteiger charge is -2.13. The number of fused-ring (bicyclic) bond motifs is 1. The monoisotopic (exact) mass is 337 g/mol. The molecule has 0 radical (unpaired) electrons. The molecule has 1 aromatic carbocycles. The summed E-state index contributed by atoms with van der Waals surface area (Å²) >= 11 is 0. The van der Waals surface area contributed by atoms with Gasteiger partial charge in [-0.05, 0) is 37.6 Å². The third-order valence-electron chi connectivity index (χ3n) is 4.12. The number of rotatable bonds is 6. The Bertz CT molecular complexity index is 843. The summed E-state index contributed by atoms with van der Waals surface area (Å²) in [7, 11) is 0. The number of carbonyl (C=O) groups is 1. The summed E-state index contributed by atoms with van der Waals surface area (Å²) in [5.41, 5.74) is 2.70. The molecule has 0 saturated heterocycles. The van der Waals surface area contributed by atoms with Gasteiger partial charge in [-0.2, -0.15) is 0 Å². The van der Waals surface area contributed by atoms with E-state index in [2.05, 4.69) is 15.6 Å². The maximum atomic E-state index is 11.9. The third-order valence-corrected chi connectivity index (χ3v) is 4.12. The first-order valence-corrected chi connectivity index (χ1v) is 8.61. The van der Waals surface area contributed by atoms with Gasteiger partial charge in [-0.1, -0.05) is 25.1 Å². The minimum absolute atomic E-state index is 0.144. The van der Waals surface area contributed by atoms with Crippen LogP contribution in [0.3, 0.4) is 0 Å². The van der Waals surface area contributed by atoms with Crippen LogP contribution < -0.4 is 10.6 Å². The smallest absolute Gasteiger partial charge is 0.315 e. The highest BCUT2D eigenvalue weighted by atomic mass is 16.2. The van der Waals surface area contributed by atoms with Crippen LogP contribution in [0.4, 0.5) is 4.79 Å². The van der Waals surface area contributed by atoms with Crippen molar-refractivity contribution in [2.75, 3.05) is 6.54 Å². The predicted octanol–water partition coefficient (Wildman–Crippen LogP) is 3.06. The Labute approximate surface area is 147 Å². The van der Waals surface area contributed by atoms with Gasteiger partial charge in [0.05, 0.1) is 0 Å². The molecule has 2 heterocycles. The Hall–Kier alpha value is -2.89. The van der Waals surface area contributed by atoms with Crippen LogP contribution in [0.2, 0.25) is 0 Å². The molecule has 0 spiro atoms. The summed E-state index contributed by atoms with van der Waals surface area (Å²) in [6.07, 6.45) is 3.30. The molecule has 6 nitrogen and oxygen atoms in total. The largest absolute Gasteiger partial charge is 0.338 e. The van der Waals surface area contributed by atoms with Crippen molar-refractivity contribution in [3.63, 3.8) is 0 Å². The van der Waals surface area contributed by atoms with Gasteiger partial charge >= 0.3 is 6.03 Å². The number of amides is 2. The topological polar surface area (TPSA) is 71.8 Å². The van der Waals surface area contributed by atoms with Crippen molar-refractivity contribution in [1.29, 1.82) is 0 Å². The van der Waals surface area contributed by atoms with E-state index in [-0.39, 0.29) is 12.1 Å². The van der Waals surface area contributed by atoms with E-state index in [4.69, 9.17) is 4.98 Å². The second-order valence-corrected chi connectivity index (χ2v) is 6.00. The van der Waals surface area contributed by atoms with Gasteiger partial charge in [0.15, 0.2) is 5.65 Å². The first-order valence-electron chi connectivity index (χ1n) is 8.61. The van der Waals surface area contributed by atoms with Gasteiger partial charge in [0.1, 0.15) is 11.3 Å². The fraction of sp³-hybridized carbons (Fsp3) is 0.316. The Kier molecular flexibility index (Phi) is 5.28. The number of benzene rings is 1. The van der Waals surface area contributed by atoms with Crippen LogP contribution in [0.15, 0.2) is 48.7 Å². The Morgan fingerprint density at radius 2 is 2.00 bits per heavy atom. The van der Waals surface area contributed by atoms with Gasteiger partial charge in [0.25, 0.3) is 0 Å². The zero-order valence-electron chi connectivity index (χ0n) is 14.6. The third kappa shape index (κ3) is 3.96. The molecule has 0 aliphatic heterocycles. The molecule has 3 aromatic rings. The molecule has 0 fully saturated rings. The molecule has 6 heteroatoms. The molecule has 2 amide bonds. The zero-order chi connectivity index (χ0) is 17.6. The van der Waals surface area contributed by atoms with Crippen molar-refractivity contribution in [3.8, 4) is 5.69 Å². The van der Waals surface area contributed by atoms with Crippen molar-refractivity contribution < 1.29 is 4.79 Å². The summed E-state index contributed by atoms with van der Waals surface area (Å²) in [4.78, 5) is 21.0. The van der Waals surface area contributed by atoms with E-state index in [0.29, 0.717) is 13.0 Å². The molecule has 25 heavy (non-hydrogen) atoms. The molecule has 0 aliphatic carbocycles. The van der Waals surface area contributed by atoms with Crippen molar-refractivity contribution in [3.05, 3.63) is 54.5 Å². The first kappa shape index (κ1) is 17.0. The average Bonchev–Trinajstić information content (AvgIpc) is 3.00. The average molecular weight is 337 g/mol. The van der Waals surface area contributed by atoms with E-state index in [9.17, 15) is 4.79 Å². The van der Waals surface area contributed by atoms with Crippen molar-refractivity contribution in [2.24, 2.45) is 0 Å². The Balaban J connectivity index is 1.78. The van der Waals surface area contributed by atoms with Gasteiger partial charge in [-0.3, -0.25) is 4.57 Å². The molecule has 0 saturated carbocycles. The first-order chi connectivity index (χ1) is 12.2. The van der Waals surface area contributed by atoms with E-state index >= 15 is 0 Å². The second-order valence-electron chi connectivity index (χ2n) is 6.00. The molecule has 0 bridgehead atoms. The minimum Gasteiger partial charge on any atom is -0.338 e. The summed E-state index contributed by atoms with van der Waals surface area (Å²) in [5, 5.41) is 5.79. The van der Waals surface area contributed by atoms with Crippen LogP contribution in [-0.2, 0) is 6.42 Å². The van der Waals surface area contributed by atoms with Gasteiger partial charge in [0.2, 0.25) is 0 Å². The second kappa shape index (κ2) is 7.79. The number of nitrogens with zero attached hydrogens (tertiary/aromatic N) is 3. The number of hydrogen-bond donors (Lipinski definition) is 2. The summed E-state index contributed by atoms with van der Waals surface area (Å²) < 4.78 is 2.05. The van der Waals surface area contributed by atoms with Gasteiger partial charge in [-0.25, -0.2) is 14.8 Å². The van der Waals surface area contributed by atoms with Gasteiger partial charge < -0.3 is 10.6 Å². The maximum absolute atomic E-state index is 11.9. The molecular formula is C19H23N5O. The minimum atomic E-state index is -0.144. The number of urea groups is 1. The van der Waals surface area contributed by atoms with E-state index in [0.717, 1.165) is 29.1 Å². The van der Waals surface area contributed by atoms with E-state index in [1.165, 1.54) is 0 Å². The van der Waals surface area contributed by atoms with Crippen LogP contribution in [0.25, 0.3) is 16.9 Å². The van der Waals surface area contributed by atoms with E-state index in [1.807, 2.05) is 60.9 Å². The van der Waals surface area contributed by atoms with Gasteiger partial charge in [0, 0.05) is 30.9 Å². The summed E-state index contributed by atoms with van der Waals surface area (Å²) in [6.45, 7) is 4.54. The van der Waals surface area contributed by atoms with Crippen LogP contribution in [0.5, 0.6) is 0 Å². The predicted molar refractivity (Wildman–Crippen MR) is 98.9 cm³/mol. The van der Waals surface area contributed by atoms with Crippen LogP contribution in [0.1, 0.15) is 26.1 Å².